The zero-order valence-corrected chi connectivity index (χ0v) is 21.5. The molecule has 5 nitrogen and oxygen atoms in total. The Hall–Kier alpha value is -2.54. The van der Waals surface area contributed by atoms with Crippen LogP contribution in [0.2, 0.25) is 0 Å². The quantitative estimate of drug-likeness (QED) is 0.285. The van der Waals surface area contributed by atoms with Crippen LogP contribution in [0.5, 0.6) is 0 Å². The molecule has 37 heavy (non-hydrogen) atoms. The lowest BCUT2D eigenvalue weighted by molar-refractivity contribution is -0.210. The summed E-state index contributed by atoms with van der Waals surface area (Å²) in [5.41, 5.74) is 3.36. The van der Waals surface area contributed by atoms with Gasteiger partial charge in [0.2, 0.25) is 0 Å². The van der Waals surface area contributed by atoms with Gasteiger partial charge in [-0.15, -0.1) is 0 Å². The highest BCUT2D eigenvalue weighted by Gasteiger charge is 2.48. The SMILES string of the molecule is c1ccc(COC[C@H]2O[C@H](OC3CCCCC3)[C@H](OCc3ccccc3)[C@@H]2OCc2ccccc2)cc1. The lowest BCUT2D eigenvalue weighted by Gasteiger charge is -2.29. The van der Waals surface area contributed by atoms with Crippen LogP contribution in [0.25, 0.3) is 0 Å². The number of rotatable bonds is 12. The van der Waals surface area contributed by atoms with E-state index in [1.807, 2.05) is 54.6 Å². The minimum Gasteiger partial charge on any atom is -0.374 e. The highest BCUT2D eigenvalue weighted by atomic mass is 16.7. The van der Waals surface area contributed by atoms with Gasteiger partial charge in [-0.25, -0.2) is 0 Å². The molecule has 1 saturated heterocycles. The lowest BCUT2D eigenvalue weighted by Crippen LogP contribution is -2.40. The molecule has 0 unspecified atom stereocenters. The van der Waals surface area contributed by atoms with E-state index in [2.05, 4.69) is 36.4 Å². The first-order valence-electron chi connectivity index (χ1n) is 13.6. The fourth-order valence-electron chi connectivity index (χ4n) is 5.10. The van der Waals surface area contributed by atoms with Crippen LogP contribution < -0.4 is 0 Å². The van der Waals surface area contributed by atoms with Crippen LogP contribution in [0.4, 0.5) is 0 Å². The van der Waals surface area contributed by atoms with E-state index in [0.717, 1.165) is 29.5 Å². The first-order chi connectivity index (χ1) is 18.3. The zero-order valence-electron chi connectivity index (χ0n) is 21.5. The summed E-state index contributed by atoms with van der Waals surface area (Å²) in [6, 6.07) is 30.7. The second kappa shape index (κ2) is 13.8. The number of ether oxygens (including phenoxy) is 5. The molecule has 3 aromatic carbocycles. The number of hydrogen-bond donors (Lipinski definition) is 0. The topological polar surface area (TPSA) is 46.2 Å². The summed E-state index contributed by atoms with van der Waals surface area (Å²) < 4.78 is 32.2. The van der Waals surface area contributed by atoms with Crippen molar-refractivity contribution in [3.05, 3.63) is 108 Å². The van der Waals surface area contributed by atoms with Crippen molar-refractivity contribution in [2.45, 2.75) is 82.6 Å². The molecule has 0 spiro atoms. The smallest absolute Gasteiger partial charge is 0.187 e. The van der Waals surface area contributed by atoms with Gasteiger partial charge in [0.1, 0.15) is 18.3 Å². The zero-order chi connectivity index (χ0) is 25.1. The molecule has 1 aliphatic heterocycles. The molecule has 0 radical (unpaired) electrons. The predicted octanol–water partition coefficient (Wildman–Crippen LogP) is 6.45. The van der Waals surface area contributed by atoms with Crippen LogP contribution in [0, 0.1) is 0 Å². The molecule has 4 atom stereocenters. The highest BCUT2D eigenvalue weighted by molar-refractivity contribution is 5.15. The maximum absolute atomic E-state index is 6.55. The van der Waals surface area contributed by atoms with E-state index in [1.165, 1.54) is 19.3 Å². The average Bonchev–Trinajstić information content (AvgIpc) is 3.28. The second-order valence-electron chi connectivity index (χ2n) is 9.96. The van der Waals surface area contributed by atoms with Gasteiger partial charge in [-0.2, -0.15) is 0 Å². The van der Waals surface area contributed by atoms with Gasteiger partial charge in [-0.1, -0.05) is 110 Å². The fourth-order valence-corrected chi connectivity index (χ4v) is 5.10. The van der Waals surface area contributed by atoms with Gasteiger partial charge in [-0.3, -0.25) is 0 Å². The molecule has 0 N–H and O–H groups in total. The molecule has 1 aliphatic carbocycles. The van der Waals surface area contributed by atoms with Crippen LogP contribution in [0.15, 0.2) is 91.0 Å². The summed E-state index contributed by atoms with van der Waals surface area (Å²) in [4.78, 5) is 0. The van der Waals surface area contributed by atoms with Gasteiger partial charge in [0.15, 0.2) is 6.29 Å². The van der Waals surface area contributed by atoms with Gasteiger partial charge < -0.3 is 23.7 Å². The third kappa shape index (κ3) is 7.73. The van der Waals surface area contributed by atoms with Crippen molar-refractivity contribution in [3.8, 4) is 0 Å². The van der Waals surface area contributed by atoms with Gasteiger partial charge in [-0.05, 0) is 29.5 Å². The van der Waals surface area contributed by atoms with E-state index in [-0.39, 0.29) is 24.4 Å². The Balaban J connectivity index is 1.30. The van der Waals surface area contributed by atoms with Crippen LogP contribution >= 0.6 is 0 Å². The summed E-state index contributed by atoms with van der Waals surface area (Å²) in [5, 5.41) is 0. The molecule has 2 aliphatic rings. The second-order valence-corrected chi connectivity index (χ2v) is 9.96. The van der Waals surface area contributed by atoms with E-state index < -0.39 is 6.29 Å². The maximum atomic E-state index is 6.55. The van der Waals surface area contributed by atoms with Gasteiger partial charge in [0.05, 0.1) is 32.5 Å². The van der Waals surface area contributed by atoms with Gasteiger partial charge in [0.25, 0.3) is 0 Å². The fraction of sp³-hybridized carbons (Fsp3) is 0.438. The van der Waals surface area contributed by atoms with Gasteiger partial charge in [0, 0.05) is 0 Å². The molecule has 0 bridgehead atoms. The van der Waals surface area contributed by atoms with Gasteiger partial charge >= 0.3 is 0 Å². The minimum absolute atomic E-state index is 0.195. The Morgan fingerprint density at radius 1 is 0.595 bits per heavy atom. The number of benzene rings is 3. The monoisotopic (exact) mass is 502 g/mol. The van der Waals surface area contributed by atoms with Crippen LogP contribution in [0.3, 0.4) is 0 Å². The van der Waals surface area contributed by atoms with Crippen molar-refractivity contribution < 1.29 is 23.7 Å². The summed E-state index contributed by atoms with van der Waals surface area (Å²) in [6.07, 6.45) is 4.56. The van der Waals surface area contributed by atoms with Crippen molar-refractivity contribution in [1.29, 1.82) is 0 Å². The molecule has 5 heteroatoms. The predicted molar refractivity (Wildman–Crippen MR) is 143 cm³/mol. The Morgan fingerprint density at radius 2 is 1.11 bits per heavy atom. The van der Waals surface area contributed by atoms with E-state index in [1.54, 1.807) is 0 Å². The Morgan fingerprint density at radius 3 is 1.68 bits per heavy atom. The number of hydrogen-bond acceptors (Lipinski definition) is 5. The normalized spacial score (nSPS) is 24.3. The molecule has 1 heterocycles. The molecule has 5 rings (SSSR count). The average molecular weight is 503 g/mol. The molecule has 196 valence electrons. The molecular weight excluding hydrogens is 464 g/mol. The van der Waals surface area contributed by atoms with Crippen molar-refractivity contribution >= 4 is 0 Å². The van der Waals surface area contributed by atoms with E-state index >= 15 is 0 Å². The standard InChI is InChI=1S/C32H38O5/c1-5-13-25(14-6-1)21-33-24-29-30(34-22-26-15-7-2-8-16-26)31(35-23-27-17-9-3-10-18-27)32(37-29)36-28-19-11-4-12-20-28/h1-3,5-10,13-18,28-32H,4,11-12,19-24H2/t29-,30-,31-,32+/m1/s1. The molecular formula is C32H38O5. The third-order valence-corrected chi connectivity index (χ3v) is 7.11. The maximum Gasteiger partial charge on any atom is 0.187 e. The summed E-state index contributed by atoms with van der Waals surface area (Å²) in [7, 11) is 0. The van der Waals surface area contributed by atoms with Crippen molar-refractivity contribution in [3.63, 3.8) is 0 Å². The van der Waals surface area contributed by atoms with Crippen molar-refractivity contribution in [1.82, 2.24) is 0 Å². The summed E-state index contributed by atoms with van der Waals surface area (Å²) in [5.74, 6) is 0. The van der Waals surface area contributed by atoms with E-state index in [0.29, 0.717) is 26.4 Å². The molecule has 2 fully saturated rings. The largest absolute Gasteiger partial charge is 0.374 e. The molecule has 0 aromatic heterocycles. The van der Waals surface area contributed by atoms with Crippen molar-refractivity contribution in [2.75, 3.05) is 6.61 Å². The van der Waals surface area contributed by atoms with E-state index in [4.69, 9.17) is 23.7 Å². The molecule has 0 amide bonds. The molecule has 1 saturated carbocycles. The Kier molecular flexibility index (Phi) is 9.76. The summed E-state index contributed by atoms with van der Waals surface area (Å²) in [6.45, 7) is 1.88. The Labute approximate surface area is 220 Å². The summed E-state index contributed by atoms with van der Waals surface area (Å²) >= 11 is 0. The minimum atomic E-state index is -0.488. The first kappa shape index (κ1) is 26.1. The van der Waals surface area contributed by atoms with Crippen LogP contribution in [-0.2, 0) is 43.5 Å². The van der Waals surface area contributed by atoms with Crippen LogP contribution in [-0.4, -0.2) is 37.3 Å². The molecule has 3 aromatic rings. The third-order valence-electron chi connectivity index (χ3n) is 7.11. The highest BCUT2D eigenvalue weighted by Crippen LogP contribution is 2.33. The van der Waals surface area contributed by atoms with Crippen molar-refractivity contribution in [2.24, 2.45) is 0 Å². The van der Waals surface area contributed by atoms with Crippen LogP contribution in [0.1, 0.15) is 48.8 Å². The first-order valence-corrected chi connectivity index (χ1v) is 13.6. The Bertz CT molecular complexity index is 1020. The lowest BCUT2D eigenvalue weighted by atomic mass is 9.98. The van der Waals surface area contributed by atoms with E-state index in [9.17, 15) is 0 Å².